The second-order valence-corrected chi connectivity index (χ2v) is 5.14. The Morgan fingerprint density at radius 2 is 1.00 bits per heavy atom. The highest BCUT2D eigenvalue weighted by Crippen LogP contribution is 2.09. The molecule has 0 aliphatic heterocycles. The van der Waals surface area contributed by atoms with Crippen molar-refractivity contribution in [3.8, 4) is 0 Å². The molecule has 0 radical (unpaired) electrons. The first-order chi connectivity index (χ1) is 7.27. The molecule has 0 atom stereocenters. The highest BCUT2D eigenvalue weighted by atomic mass is 35.5. The molecular formula is C14H33ClN+. The van der Waals surface area contributed by atoms with Gasteiger partial charge in [-0.15, -0.1) is 12.4 Å². The lowest BCUT2D eigenvalue weighted by Crippen LogP contribution is -3.05. The molecule has 2 heteroatoms. The maximum absolute atomic E-state index is 2.28. The quantitative estimate of drug-likeness (QED) is 0.536. The molecule has 0 aliphatic rings. The number of rotatable bonds is 11. The minimum Gasteiger partial charge on any atom is -0.340 e. The van der Waals surface area contributed by atoms with Crippen LogP contribution >= 0.6 is 12.4 Å². The monoisotopic (exact) mass is 250 g/mol. The van der Waals surface area contributed by atoms with Gasteiger partial charge in [-0.25, -0.2) is 0 Å². The summed E-state index contributed by atoms with van der Waals surface area (Å²) >= 11 is 0. The van der Waals surface area contributed by atoms with Crippen LogP contribution in [0, 0.1) is 0 Å². The Hall–Kier alpha value is 0.250. The zero-order valence-corrected chi connectivity index (χ0v) is 12.5. The average molecular weight is 251 g/mol. The standard InChI is InChI=1S/C14H31N.ClH/c1-4-5-6-7-8-9-10-11-12-13-14-15(2)3;/h4-14H2,1-3H3;1H/p+1. The zero-order valence-electron chi connectivity index (χ0n) is 11.7. The van der Waals surface area contributed by atoms with Gasteiger partial charge in [-0.05, 0) is 12.8 Å². The highest BCUT2D eigenvalue weighted by Gasteiger charge is 1.94. The molecule has 0 bridgehead atoms. The van der Waals surface area contributed by atoms with E-state index in [1.807, 2.05) is 0 Å². The largest absolute Gasteiger partial charge is 0.340 e. The minimum atomic E-state index is 0. The van der Waals surface area contributed by atoms with Gasteiger partial charge in [0.05, 0.1) is 20.6 Å². The summed E-state index contributed by atoms with van der Waals surface area (Å²) in [6.07, 6.45) is 14.5. The number of nitrogens with one attached hydrogen (secondary N) is 1. The lowest BCUT2D eigenvalue weighted by molar-refractivity contribution is -0.858. The predicted molar refractivity (Wildman–Crippen MR) is 76.8 cm³/mol. The van der Waals surface area contributed by atoms with E-state index in [9.17, 15) is 0 Å². The Bertz CT molecular complexity index is 115. The van der Waals surface area contributed by atoms with Crippen LogP contribution in [-0.2, 0) is 0 Å². The number of halogens is 1. The van der Waals surface area contributed by atoms with Gasteiger partial charge < -0.3 is 4.90 Å². The van der Waals surface area contributed by atoms with Crippen molar-refractivity contribution >= 4 is 12.4 Å². The normalized spacial score (nSPS) is 10.5. The molecule has 0 aromatic rings. The SMILES string of the molecule is CCCCCCCCCCCC[NH+](C)C.Cl. The van der Waals surface area contributed by atoms with Crippen LogP contribution in [0.15, 0.2) is 0 Å². The first-order valence-electron chi connectivity index (χ1n) is 7.06. The Labute approximate surface area is 109 Å². The molecule has 16 heavy (non-hydrogen) atoms. The van der Waals surface area contributed by atoms with Crippen molar-refractivity contribution in [2.45, 2.75) is 71.1 Å². The minimum absolute atomic E-state index is 0. The zero-order chi connectivity index (χ0) is 11.4. The fourth-order valence-electron chi connectivity index (χ4n) is 1.97. The van der Waals surface area contributed by atoms with Crippen molar-refractivity contribution in [1.29, 1.82) is 0 Å². The van der Waals surface area contributed by atoms with E-state index in [1.165, 1.54) is 70.8 Å². The van der Waals surface area contributed by atoms with E-state index in [0.717, 1.165) is 0 Å². The molecule has 1 nitrogen and oxygen atoms in total. The fourth-order valence-corrected chi connectivity index (χ4v) is 1.97. The van der Waals surface area contributed by atoms with Crippen LogP contribution in [-0.4, -0.2) is 20.6 Å². The summed E-state index contributed by atoms with van der Waals surface area (Å²) in [7, 11) is 4.49. The van der Waals surface area contributed by atoms with Crippen molar-refractivity contribution in [3.05, 3.63) is 0 Å². The molecule has 0 saturated carbocycles. The molecule has 0 aliphatic carbocycles. The number of hydrogen-bond donors (Lipinski definition) is 1. The third-order valence-corrected chi connectivity index (χ3v) is 3.03. The summed E-state index contributed by atoms with van der Waals surface area (Å²) in [5.74, 6) is 0. The number of hydrogen-bond acceptors (Lipinski definition) is 0. The van der Waals surface area contributed by atoms with E-state index in [1.54, 1.807) is 4.90 Å². The van der Waals surface area contributed by atoms with Gasteiger partial charge in [0.15, 0.2) is 0 Å². The predicted octanol–water partition coefficient (Wildman–Crippen LogP) is 3.47. The average Bonchev–Trinajstić information content (AvgIpc) is 2.20. The molecule has 0 rings (SSSR count). The van der Waals surface area contributed by atoms with Gasteiger partial charge in [0, 0.05) is 0 Å². The van der Waals surface area contributed by atoms with Gasteiger partial charge in [-0.3, -0.25) is 0 Å². The van der Waals surface area contributed by atoms with Crippen molar-refractivity contribution in [3.63, 3.8) is 0 Å². The smallest absolute Gasteiger partial charge is 0.0766 e. The summed E-state index contributed by atoms with van der Waals surface area (Å²) in [5, 5.41) is 0. The topological polar surface area (TPSA) is 4.44 Å². The van der Waals surface area contributed by atoms with E-state index in [2.05, 4.69) is 21.0 Å². The summed E-state index contributed by atoms with van der Waals surface area (Å²) in [5.41, 5.74) is 0. The van der Waals surface area contributed by atoms with Gasteiger partial charge >= 0.3 is 0 Å². The molecule has 0 amide bonds. The van der Waals surface area contributed by atoms with Crippen LogP contribution in [0.4, 0.5) is 0 Å². The van der Waals surface area contributed by atoms with Crippen LogP contribution in [0.25, 0.3) is 0 Å². The maximum Gasteiger partial charge on any atom is 0.0766 e. The molecule has 0 aromatic heterocycles. The Balaban J connectivity index is 0. The van der Waals surface area contributed by atoms with Crippen LogP contribution in [0.3, 0.4) is 0 Å². The maximum atomic E-state index is 2.28. The summed E-state index contributed by atoms with van der Waals surface area (Å²) in [4.78, 5) is 1.59. The highest BCUT2D eigenvalue weighted by molar-refractivity contribution is 5.85. The molecule has 0 fully saturated rings. The summed E-state index contributed by atoms with van der Waals surface area (Å²) < 4.78 is 0. The Morgan fingerprint density at radius 3 is 1.38 bits per heavy atom. The van der Waals surface area contributed by atoms with Gasteiger partial charge in [-0.2, -0.15) is 0 Å². The number of unbranched alkanes of at least 4 members (excludes halogenated alkanes) is 9. The molecule has 0 spiro atoms. The van der Waals surface area contributed by atoms with E-state index < -0.39 is 0 Å². The van der Waals surface area contributed by atoms with Crippen LogP contribution in [0.5, 0.6) is 0 Å². The molecule has 0 saturated heterocycles. The Morgan fingerprint density at radius 1 is 0.625 bits per heavy atom. The van der Waals surface area contributed by atoms with Crippen LogP contribution in [0.2, 0.25) is 0 Å². The first kappa shape index (κ1) is 18.6. The van der Waals surface area contributed by atoms with E-state index in [0.29, 0.717) is 0 Å². The first-order valence-corrected chi connectivity index (χ1v) is 7.06. The van der Waals surface area contributed by atoms with Gasteiger partial charge in [0.1, 0.15) is 0 Å². The van der Waals surface area contributed by atoms with Gasteiger partial charge in [0.25, 0.3) is 0 Å². The third-order valence-electron chi connectivity index (χ3n) is 3.03. The second kappa shape index (κ2) is 15.2. The van der Waals surface area contributed by atoms with E-state index in [-0.39, 0.29) is 12.4 Å². The van der Waals surface area contributed by atoms with Gasteiger partial charge in [-0.1, -0.05) is 58.3 Å². The van der Waals surface area contributed by atoms with E-state index >= 15 is 0 Å². The molecule has 0 aromatic carbocycles. The Kier molecular flexibility index (Phi) is 17.7. The van der Waals surface area contributed by atoms with Crippen molar-refractivity contribution in [1.82, 2.24) is 0 Å². The second-order valence-electron chi connectivity index (χ2n) is 5.14. The van der Waals surface area contributed by atoms with Crippen LogP contribution in [0.1, 0.15) is 71.1 Å². The molecule has 0 heterocycles. The fraction of sp³-hybridized carbons (Fsp3) is 1.00. The third kappa shape index (κ3) is 16.7. The number of quaternary nitrogens is 1. The molecular weight excluding hydrogens is 218 g/mol. The van der Waals surface area contributed by atoms with Crippen LogP contribution < -0.4 is 4.90 Å². The van der Waals surface area contributed by atoms with Gasteiger partial charge in [0.2, 0.25) is 0 Å². The molecule has 1 N–H and O–H groups in total. The molecule has 0 unspecified atom stereocenters. The van der Waals surface area contributed by atoms with Crippen molar-refractivity contribution in [2.24, 2.45) is 0 Å². The summed E-state index contributed by atoms with van der Waals surface area (Å²) in [6.45, 7) is 3.63. The molecule has 100 valence electrons. The summed E-state index contributed by atoms with van der Waals surface area (Å²) in [6, 6.07) is 0. The van der Waals surface area contributed by atoms with Crippen molar-refractivity contribution < 1.29 is 4.90 Å². The lowest BCUT2D eigenvalue weighted by Gasteiger charge is -2.06. The van der Waals surface area contributed by atoms with Crippen molar-refractivity contribution in [2.75, 3.05) is 20.6 Å². The van der Waals surface area contributed by atoms with E-state index in [4.69, 9.17) is 0 Å². The lowest BCUT2D eigenvalue weighted by atomic mass is 10.1.